The first-order valence-corrected chi connectivity index (χ1v) is 10.3. The molecule has 0 bridgehead atoms. The molecule has 0 aliphatic rings. The lowest BCUT2D eigenvalue weighted by molar-refractivity contribution is 0.359. The summed E-state index contributed by atoms with van der Waals surface area (Å²) in [6, 6.07) is 7.20. The highest BCUT2D eigenvalue weighted by Gasteiger charge is 2.01. The van der Waals surface area contributed by atoms with Crippen LogP contribution in [0.2, 0.25) is 0 Å². The molecule has 0 amide bonds. The van der Waals surface area contributed by atoms with E-state index in [1.54, 1.807) is 31.3 Å². The number of aliphatic imine (C=N–C) groups is 1. The lowest BCUT2D eigenvalue weighted by Crippen LogP contribution is -1.99. The van der Waals surface area contributed by atoms with Crippen LogP contribution in [0.25, 0.3) is 0 Å². The van der Waals surface area contributed by atoms with Crippen LogP contribution >= 0.6 is 35.8 Å². The Morgan fingerprint density at radius 2 is 1.82 bits per heavy atom. The summed E-state index contributed by atoms with van der Waals surface area (Å²) in [4.78, 5) is 5.18. The Hall–Kier alpha value is -1.62. The summed E-state index contributed by atoms with van der Waals surface area (Å²) < 4.78 is 5.67. The number of thiol groups is 1. The maximum atomic E-state index is 6.22. The standard InChI is InChI=1S/C20H24Cl2N2OS.C2H6/c1-4-5-16(11-17(22)10-14(2)21)12-24-15(3)20(26)13-25-19-8-6-18(23)7-9-19;1-2/h4-12,17,26H,13,23H2,1-3H3;1-2H3/b5-4-,14-10+,16-11?,20-15-,24-12?;. The summed E-state index contributed by atoms with van der Waals surface area (Å²) in [5.74, 6) is 0.727. The van der Waals surface area contributed by atoms with Gasteiger partial charge in [-0.1, -0.05) is 43.7 Å². The highest BCUT2D eigenvalue weighted by atomic mass is 35.5. The number of halogens is 2. The van der Waals surface area contributed by atoms with Crippen LogP contribution in [0.15, 0.2) is 74.8 Å². The number of benzene rings is 1. The molecule has 0 aromatic heterocycles. The van der Waals surface area contributed by atoms with Gasteiger partial charge in [0.1, 0.15) is 12.4 Å². The minimum absolute atomic E-state index is 0.307. The Morgan fingerprint density at radius 3 is 2.36 bits per heavy atom. The Bertz CT molecular complexity index is 731. The Morgan fingerprint density at radius 1 is 1.21 bits per heavy atom. The zero-order valence-corrected chi connectivity index (χ0v) is 19.5. The monoisotopic (exact) mass is 440 g/mol. The van der Waals surface area contributed by atoms with Gasteiger partial charge in [0.05, 0.1) is 5.38 Å². The van der Waals surface area contributed by atoms with E-state index < -0.39 is 0 Å². The number of ether oxygens (including phenoxy) is 1. The van der Waals surface area contributed by atoms with Crippen LogP contribution < -0.4 is 10.5 Å². The molecule has 28 heavy (non-hydrogen) atoms. The van der Waals surface area contributed by atoms with Crippen LogP contribution in [0.3, 0.4) is 0 Å². The van der Waals surface area contributed by atoms with E-state index in [2.05, 4.69) is 17.6 Å². The number of anilines is 1. The average Bonchev–Trinajstić information content (AvgIpc) is 2.66. The van der Waals surface area contributed by atoms with E-state index in [1.165, 1.54) is 0 Å². The van der Waals surface area contributed by atoms with Gasteiger partial charge in [0.25, 0.3) is 0 Å². The summed E-state index contributed by atoms with van der Waals surface area (Å²) in [7, 11) is 0. The molecule has 1 aromatic carbocycles. The molecule has 1 atom stereocenters. The topological polar surface area (TPSA) is 47.6 Å². The van der Waals surface area contributed by atoms with Gasteiger partial charge >= 0.3 is 0 Å². The average molecular weight is 441 g/mol. The molecule has 1 unspecified atom stereocenters. The van der Waals surface area contributed by atoms with Crippen molar-refractivity contribution in [2.45, 2.75) is 40.0 Å². The summed E-state index contributed by atoms with van der Waals surface area (Å²) >= 11 is 16.5. The lowest BCUT2D eigenvalue weighted by atomic mass is 10.2. The van der Waals surface area contributed by atoms with Gasteiger partial charge in [0.15, 0.2) is 0 Å². The third-order valence-electron chi connectivity index (χ3n) is 3.18. The van der Waals surface area contributed by atoms with Gasteiger partial charge in [0.2, 0.25) is 0 Å². The van der Waals surface area contributed by atoms with E-state index in [1.807, 2.05) is 58.1 Å². The van der Waals surface area contributed by atoms with Crippen molar-refractivity contribution >= 4 is 47.7 Å². The van der Waals surface area contributed by atoms with Crippen LogP contribution in [-0.2, 0) is 0 Å². The second-order valence-corrected chi connectivity index (χ2v) is 7.15. The molecule has 0 aliphatic carbocycles. The van der Waals surface area contributed by atoms with E-state index in [0.717, 1.165) is 21.9 Å². The molecule has 0 aliphatic heterocycles. The molecule has 2 N–H and O–H groups in total. The molecule has 154 valence electrons. The van der Waals surface area contributed by atoms with E-state index >= 15 is 0 Å². The van der Waals surface area contributed by atoms with Gasteiger partial charge in [-0.05, 0) is 56.7 Å². The van der Waals surface area contributed by atoms with Crippen molar-refractivity contribution in [2.75, 3.05) is 12.3 Å². The van der Waals surface area contributed by atoms with Gasteiger partial charge in [-0.25, -0.2) is 0 Å². The third-order valence-corrected chi connectivity index (χ3v) is 4.01. The van der Waals surface area contributed by atoms with Crippen LogP contribution in [0.5, 0.6) is 5.75 Å². The van der Waals surface area contributed by atoms with Gasteiger partial charge in [-0.15, -0.1) is 24.2 Å². The van der Waals surface area contributed by atoms with Crippen molar-refractivity contribution in [1.29, 1.82) is 0 Å². The molecule has 6 heteroatoms. The first-order chi connectivity index (χ1) is 13.3. The van der Waals surface area contributed by atoms with Crippen LogP contribution in [-0.4, -0.2) is 18.2 Å². The second kappa shape index (κ2) is 15.3. The SMILES string of the molecule is C/C=C\C(C=N/C(C)=C(\S)COc1ccc(N)cc1)=CC(Cl)/C=C(\C)Cl.CC. The number of hydrogen-bond donors (Lipinski definition) is 2. The fourth-order valence-electron chi connectivity index (χ4n) is 1.85. The minimum Gasteiger partial charge on any atom is -0.488 e. The van der Waals surface area contributed by atoms with Crippen molar-refractivity contribution < 1.29 is 4.74 Å². The minimum atomic E-state index is -0.307. The Kier molecular flexibility index (Phi) is 14.4. The first kappa shape index (κ1) is 26.4. The van der Waals surface area contributed by atoms with Crippen LogP contribution in [0.1, 0.15) is 34.6 Å². The predicted octanol–water partition coefficient (Wildman–Crippen LogP) is 7.16. The lowest BCUT2D eigenvalue weighted by Gasteiger charge is -2.07. The van der Waals surface area contributed by atoms with Crippen molar-refractivity contribution in [3.05, 3.63) is 69.8 Å². The van der Waals surface area contributed by atoms with Crippen molar-refractivity contribution in [2.24, 2.45) is 4.99 Å². The maximum absolute atomic E-state index is 6.22. The number of nitrogens with zero attached hydrogens (tertiary/aromatic N) is 1. The number of hydrogen-bond acceptors (Lipinski definition) is 4. The Labute approximate surface area is 185 Å². The molecule has 0 heterocycles. The highest BCUT2D eigenvalue weighted by molar-refractivity contribution is 7.84. The molecule has 0 saturated heterocycles. The van der Waals surface area contributed by atoms with E-state index in [9.17, 15) is 0 Å². The van der Waals surface area contributed by atoms with E-state index in [0.29, 0.717) is 17.3 Å². The molecule has 0 spiro atoms. The number of alkyl halides is 1. The zero-order chi connectivity index (χ0) is 21.5. The molecule has 1 rings (SSSR count). The summed E-state index contributed by atoms with van der Waals surface area (Å²) in [5, 5.41) is 0.338. The molecular formula is C22H30Cl2N2OS. The number of allylic oxidation sites excluding steroid dienone is 7. The number of nitrogen functional groups attached to an aromatic ring is 1. The fourth-order valence-corrected chi connectivity index (χ4v) is 2.51. The van der Waals surface area contributed by atoms with Crippen molar-refractivity contribution in [1.82, 2.24) is 0 Å². The maximum Gasteiger partial charge on any atom is 0.121 e. The van der Waals surface area contributed by atoms with Crippen molar-refractivity contribution in [3.63, 3.8) is 0 Å². The van der Waals surface area contributed by atoms with Gasteiger partial charge in [0, 0.05) is 27.5 Å². The molecule has 0 fully saturated rings. The van der Waals surface area contributed by atoms with Gasteiger partial charge in [-0.3, -0.25) is 4.99 Å². The molecule has 0 saturated carbocycles. The highest BCUT2D eigenvalue weighted by Crippen LogP contribution is 2.17. The van der Waals surface area contributed by atoms with Crippen LogP contribution in [0, 0.1) is 0 Å². The smallest absolute Gasteiger partial charge is 0.121 e. The summed E-state index contributed by atoms with van der Waals surface area (Å²) in [5.41, 5.74) is 7.98. The zero-order valence-electron chi connectivity index (χ0n) is 17.1. The predicted molar refractivity (Wildman–Crippen MR) is 130 cm³/mol. The first-order valence-electron chi connectivity index (χ1n) is 9.05. The van der Waals surface area contributed by atoms with Gasteiger partial charge in [-0.2, -0.15) is 0 Å². The number of rotatable bonds is 8. The molecular weight excluding hydrogens is 411 g/mol. The normalized spacial score (nSPS) is 14.6. The Balaban J connectivity index is 0.00000352. The fraction of sp³-hybridized carbons (Fsp3) is 0.318. The quantitative estimate of drug-likeness (QED) is 0.148. The van der Waals surface area contributed by atoms with Crippen LogP contribution in [0.4, 0.5) is 5.69 Å². The number of nitrogens with two attached hydrogens (primary N) is 1. The van der Waals surface area contributed by atoms with Gasteiger partial charge < -0.3 is 10.5 Å². The largest absolute Gasteiger partial charge is 0.488 e. The van der Waals surface area contributed by atoms with E-state index in [-0.39, 0.29) is 5.38 Å². The second-order valence-electron chi connectivity index (χ2n) is 5.51. The summed E-state index contributed by atoms with van der Waals surface area (Å²) in [6.07, 6.45) is 9.21. The molecule has 3 nitrogen and oxygen atoms in total. The molecule has 0 radical (unpaired) electrons. The van der Waals surface area contributed by atoms with Crippen molar-refractivity contribution in [3.8, 4) is 5.75 Å². The third kappa shape index (κ3) is 12.0. The van der Waals surface area contributed by atoms with E-state index in [4.69, 9.17) is 33.7 Å². The molecule has 1 aromatic rings. The summed E-state index contributed by atoms with van der Waals surface area (Å²) in [6.45, 7) is 9.92.